The minimum Gasteiger partial charge on any atom is -0.371 e. The summed E-state index contributed by atoms with van der Waals surface area (Å²) >= 11 is 0. The first-order chi connectivity index (χ1) is 15.8. The van der Waals surface area contributed by atoms with Crippen molar-refractivity contribution in [1.82, 2.24) is 10.3 Å². The number of nitrogens with zero attached hydrogens (tertiary/aromatic N) is 1. The van der Waals surface area contributed by atoms with Crippen LogP contribution >= 0.6 is 0 Å². The smallest absolute Gasteiger partial charge is 0.371 e. The number of piperidine rings is 1. The number of rotatable bonds is 6. The molecular formula is C26H26F4N2O. The number of nitrogens with one attached hydrogen (secondary N) is 1. The third kappa shape index (κ3) is 5.42. The van der Waals surface area contributed by atoms with Gasteiger partial charge in [0.1, 0.15) is 5.82 Å². The summed E-state index contributed by atoms with van der Waals surface area (Å²) in [6.07, 6.45) is -3.44. The Balaban J connectivity index is 1.62. The van der Waals surface area contributed by atoms with E-state index < -0.39 is 23.7 Å². The quantitative estimate of drug-likeness (QED) is 0.440. The molecule has 7 heteroatoms. The van der Waals surface area contributed by atoms with Crippen molar-refractivity contribution in [2.24, 2.45) is 0 Å². The Bertz CT molecular complexity index is 1060. The van der Waals surface area contributed by atoms with Gasteiger partial charge in [-0.15, -0.1) is 0 Å². The van der Waals surface area contributed by atoms with E-state index in [2.05, 4.69) is 22.4 Å². The van der Waals surface area contributed by atoms with E-state index in [1.165, 1.54) is 29.8 Å². The fraction of sp³-hybridized carbons (Fsp3) is 0.346. The Hall–Kier alpha value is -2.77. The lowest BCUT2D eigenvalue weighted by Gasteiger charge is -2.38. The van der Waals surface area contributed by atoms with Gasteiger partial charge in [0, 0.05) is 11.0 Å². The van der Waals surface area contributed by atoms with E-state index in [1.807, 2.05) is 18.2 Å². The minimum atomic E-state index is -4.54. The van der Waals surface area contributed by atoms with Crippen molar-refractivity contribution in [2.75, 3.05) is 19.7 Å². The Labute approximate surface area is 190 Å². The standard InChI is InChI=1S/C26H26F4N2O/c1-18(33-17-25(11-13-31-14-12-25)20-5-3-2-4-6-20)23-15-21(26(28,29)30)16-24(32-23)19-7-9-22(27)10-8-19/h2-10,15-16,18,31H,11-14,17H2,1H3. The van der Waals surface area contributed by atoms with Crippen molar-refractivity contribution in [1.29, 1.82) is 0 Å². The van der Waals surface area contributed by atoms with E-state index in [4.69, 9.17) is 4.74 Å². The highest BCUT2D eigenvalue weighted by Gasteiger charge is 2.36. The number of aromatic nitrogens is 1. The Morgan fingerprint density at radius 3 is 2.30 bits per heavy atom. The fourth-order valence-corrected chi connectivity index (χ4v) is 4.28. The molecule has 3 aromatic rings. The molecule has 0 spiro atoms. The molecule has 2 aromatic carbocycles. The molecule has 1 saturated heterocycles. The lowest BCUT2D eigenvalue weighted by molar-refractivity contribution is -0.137. The van der Waals surface area contributed by atoms with Crippen molar-refractivity contribution in [3.05, 3.63) is 89.4 Å². The summed E-state index contributed by atoms with van der Waals surface area (Å²) in [6, 6.07) is 17.4. The van der Waals surface area contributed by atoms with E-state index >= 15 is 0 Å². The predicted octanol–water partition coefficient (Wildman–Crippen LogP) is 6.31. The van der Waals surface area contributed by atoms with E-state index in [9.17, 15) is 17.6 Å². The second-order valence-corrected chi connectivity index (χ2v) is 8.52. The van der Waals surface area contributed by atoms with Gasteiger partial charge in [0.15, 0.2) is 0 Å². The summed E-state index contributed by atoms with van der Waals surface area (Å²) < 4.78 is 60.3. The average Bonchev–Trinajstić information content (AvgIpc) is 2.83. The van der Waals surface area contributed by atoms with Crippen molar-refractivity contribution in [3.63, 3.8) is 0 Å². The number of hydrogen-bond donors (Lipinski definition) is 1. The third-order valence-corrected chi connectivity index (χ3v) is 6.29. The molecule has 1 aliphatic rings. The van der Waals surface area contributed by atoms with E-state index in [0.29, 0.717) is 12.2 Å². The molecule has 0 aliphatic carbocycles. The lowest BCUT2D eigenvalue weighted by Crippen LogP contribution is -2.43. The summed E-state index contributed by atoms with van der Waals surface area (Å²) in [7, 11) is 0. The van der Waals surface area contributed by atoms with Gasteiger partial charge in [-0.05, 0) is 74.8 Å². The van der Waals surface area contributed by atoms with E-state index in [-0.39, 0.29) is 16.8 Å². The zero-order valence-electron chi connectivity index (χ0n) is 18.3. The van der Waals surface area contributed by atoms with Crippen molar-refractivity contribution in [3.8, 4) is 11.3 Å². The fourth-order valence-electron chi connectivity index (χ4n) is 4.28. The number of alkyl halides is 3. The monoisotopic (exact) mass is 458 g/mol. The molecule has 1 fully saturated rings. The Morgan fingerprint density at radius 1 is 1.00 bits per heavy atom. The van der Waals surface area contributed by atoms with E-state index in [0.717, 1.165) is 38.1 Å². The van der Waals surface area contributed by atoms with Gasteiger partial charge in [0.05, 0.1) is 29.7 Å². The molecule has 1 N–H and O–H groups in total. The van der Waals surface area contributed by atoms with Crippen LogP contribution in [0.1, 0.15) is 42.7 Å². The summed E-state index contributed by atoms with van der Waals surface area (Å²) in [5.41, 5.74) is 0.901. The highest BCUT2D eigenvalue weighted by molar-refractivity contribution is 5.60. The Kier molecular flexibility index (Phi) is 6.81. The molecular weight excluding hydrogens is 432 g/mol. The van der Waals surface area contributed by atoms with Crippen LogP contribution in [-0.4, -0.2) is 24.7 Å². The van der Waals surface area contributed by atoms with Crippen molar-refractivity contribution >= 4 is 0 Å². The molecule has 1 unspecified atom stereocenters. The van der Waals surface area contributed by atoms with Crippen LogP contribution in [0.5, 0.6) is 0 Å². The molecule has 174 valence electrons. The third-order valence-electron chi connectivity index (χ3n) is 6.29. The topological polar surface area (TPSA) is 34.1 Å². The van der Waals surface area contributed by atoms with Crippen LogP contribution in [-0.2, 0) is 16.3 Å². The van der Waals surface area contributed by atoms with Gasteiger partial charge in [-0.25, -0.2) is 4.39 Å². The number of pyridine rings is 1. The number of hydrogen-bond acceptors (Lipinski definition) is 3. The number of benzene rings is 2. The second kappa shape index (κ2) is 9.61. The molecule has 1 atom stereocenters. The predicted molar refractivity (Wildman–Crippen MR) is 119 cm³/mol. The average molecular weight is 458 g/mol. The normalized spacial score (nSPS) is 17.0. The van der Waals surface area contributed by atoms with Crippen LogP contribution in [0.15, 0.2) is 66.7 Å². The molecule has 33 heavy (non-hydrogen) atoms. The van der Waals surface area contributed by atoms with Gasteiger partial charge in [-0.3, -0.25) is 4.98 Å². The molecule has 4 rings (SSSR count). The second-order valence-electron chi connectivity index (χ2n) is 8.52. The summed E-state index contributed by atoms with van der Waals surface area (Å²) in [5, 5.41) is 3.36. The molecule has 3 nitrogen and oxygen atoms in total. The van der Waals surface area contributed by atoms with Crippen molar-refractivity contribution in [2.45, 2.75) is 37.5 Å². The van der Waals surface area contributed by atoms with Gasteiger partial charge in [-0.2, -0.15) is 13.2 Å². The van der Waals surface area contributed by atoms with Gasteiger partial charge < -0.3 is 10.1 Å². The first-order valence-electron chi connectivity index (χ1n) is 11.0. The SMILES string of the molecule is CC(OCC1(c2ccccc2)CCNCC1)c1cc(C(F)(F)F)cc(-c2ccc(F)cc2)n1. The summed E-state index contributed by atoms with van der Waals surface area (Å²) in [4.78, 5) is 4.45. The zero-order valence-corrected chi connectivity index (χ0v) is 18.3. The first-order valence-corrected chi connectivity index (χ1v) is 11.0. The largest absolute Gasteiger partial charge is 0.416 e. The zero-order chi connectivity index (χ0) is 23.5. The number of halogens is 4. The van der Waals surface area contributed by atoms with Crippen molar-refractivity contribution < 1.29 is 22.3 Å². The molecule has 0 amide bonds. The van der Waals surface area contributed by atoms with Gasteiger partial charge in [0.25, 0.3) is 0 Å². The molecule has 1 aromatic heterocycles. The van der Waals surface area contributed by atoms with E-state index in [1.54, 1.807) is 6.92 Å². The van der Waals surface area contributed by atoms with Crippen LogP contribution in [0.2, 0.25) is 0 Å². The highest BCUT2D eigenvalue weighted by Crippen LogP contribution is 2.37. The molecule has 0 bridgehead atoms. The molecule has 1 aliphatic heterocycles. The van der Waals surface area contributed by atoms with Crippen LogP contribution in [0.3, 0.4) is 0 Å². The lowest BCUT2D eigenvalue weighted by atomic mass is 9.74. The van der Waals surface area contributed by atoms with Gasteiger partial charge >= 0.3 is 6.18 Å². The Morgan fingerprint density at radius 2 is 1.67 bits per heavy atom. The molecule has 0 radical (unpaired) electrons. The minimum absolute atomic E-state index is 0.134. The van der Waals surface area contributed by atoms with Crippen LogP contribution in [0.4, 0.5) is 17.6 Å². The van der Waals surface area contributed by atoms with Gasteiger partial charge in [-0.1, -0.05) is 30.3 Å². The molecule has 0 saturated carbocycles. The van der Waals surface area contributed by atoms with Gasteiger partial charge in [0.2, 0.25) is 0 Å². The van der Waals surface area contributed by atoms with Crippen LogP contribution < -0.4 is 5.32 Å². The maximum Gasteiger partial charge on any atom is 0.416 e. The highest BCUT2D eigenvalue weighted by atomic mass is 19.4. The molecule has 2 heterocycles. The number of ether oxygens (including phenoxy) is 1. The summed E-state index contributed by atoms with van der Waals surface area (Å²) in [5.74, 6) is -0.462. The first kappa shape index (κ1) is 23.4. The van der Waals surface area contributed by atoms with Crippen LogP contribution in [0, 0.1) is 5.82 Å². The maximum absolute atomic E-state index is 13.6. The maximum atomic E-state index is 13.6. The summed E-state index contributed by atoms with van der Waals surface area (Å²) in [6.45, 7) is 3.80. The van der Waals surface area contributed by atoms with Crippen LogP contribution in [0.25, 0.3) is 11.3 Å².